The molecule has 3 aromatic rings. The summed E-state index contributed by atoms with van der Waals surface area (Å²) in [6.45, 7) is 0.0618. The Labute approximate surface area is 175 Å². The standard InChI is InChI=1S/C20H13Cl2NO4S/c21-17-10-5-13(11-18(17)22)12-27-20(24)16-3-1-2-4-19(16)28-15-8-6-14(7-9-15)23(25)26/h1-11H,12H2. The predicted octanol–water partition coefficient (Wildman–Crippen LogP) is 6.41. The molecule has 0 saturated carbocycles. The van der Waals surface area contributed by atoms with Crippen LogP contribution in [0.3, 0.4) is 0 Å². The Morgan fingerprint density at radius 1 is 1.00 bits per heavy atom. The summed E-state index contributed by atoms with van der Waals surface area (Å²) in [6, 6.07) is 18.2. The van der Waals surface area contributed by atoms with Gasteiger partial charge in [0.2, 0.25) is 0 Å². The molecule has 3 aromatic carbocycles. The average molecular weight is 434 g/mol. The number of carbonyl (C=O) groups is 1. The SMILES string of the molecule is O=C(OCc1ccc(Cl)c(Cl)c1)c1ccccc1Sc1ccc([N+](=O)[O-])cc1. The Bertz CT molecular complexity index is 1020. The molecular formula is C20H13Cl2NO4S. The molecule has 8 heteroatoms. The number of nitro groups is 1. The highest BCUT2D eigenvalue weighted by molar-refractivity contribution is 7.99. The maximum absolute atomic E-state index is 12.5. The zero-order valence-electron chi connectivity index (χ0n) is 14.3. The second-order valence-corrected chi connectivity index (χ2v) is 7.60. The van der Waals surface area contributed by atoms with Crippen LogP contribution in [-0.4, -0.2) is 10.9 Å². The number of halogens is 2. The van der Waals surface area contributed by atoms with Crippen molar-refractivity contribution in [2.75, 3.05) is 0 Å². The number of rotatable bonds is 6. The molecule has 0 spiro atoms. The van der Waals surface area contributed by atoms with E-state index in [1.807, 2.05) is 6.07 Å². The minimum Gasteiger partial charge on any atom is -0.457 e. The number of non-ortho nitro benzene ring substituents is 1. The lowest BCUT2D eigenvalue weighted by atomic mass is 10.2. The molecule has 0 aliphatic heterocycles. The lowest BCUT2D eigenvalue weighted by Gasteiger charge is -2.10. The fraction of sp³-hybridized carbons (Fsp3) is 0.0500. The van der Waals surface area contributed by atoms with Gasteiger partial charge in [0.15, 0.2) is 0 Å². The van der Waals surface area contributed by atoms with E-state index in [4.69, 9.17) is 27.9 Å². The van der Waals surface area contributed by atoms with Gasteiger partial charge in [-0.15, -0.1) is 0 Å². The van der Waals surface area contributed by atoms with E-state index in [0.717, 1.165) is 10.5 Å². The van der Waals surface area contributed by atoms with Crippen molar-refractivity contribution in [1.82, 2.24) is 0 Å². The van der Waals surface area contributed by atoms with Crippen molar-refractivity contribution in [3.8, 4) is 0 Å². The van der Waals surface area contributed by atoms with Crippen LogP contribution in [-0.2, 0) is 11.3 Å². The van der Waals surface area contributed by atoms with Gasteiger partial charge >= 0.3 is 5.97 Å². The molecule has 0 N–H and O–H groups in total. The van der Waals surface area contributed by atoms with Crippen molar-refractivity contribution in [3.05, 3.63) is 98.0 Å². The molecule has 5 nitrogen and oxygen atoms in total. The van der Waals surface area contributed by atoms with Gasteiger partial charge in [0, 0.05) is 21.9 Å². The third-order valence-corrected chi connectivity index (χ3v) is 5.56. The number of benzene rings is 3. The Morgan fingerprint density at radius 3 is 2.39 bits per heavy atom. The van der Waals surface area contributed by atoms with Crippen molar-refractivity contribution in [3.63, 3.8) is 0 Å². The van der Waals surface area contributed by atoms with E-state index in [0.29, 0.717) is 20.5 Å². The number of esters is 1. The molecule has 28 heavy (non-hydrogen) atoms. The van der Waals surface area contributed by atoms with E-state index < -0.39 is 10.9 Å². The van der Waals surface area contributed by atoms with Crippen LogP contribution in [0.2, 0.25) is 10.0 Å². The lowest BCUT2D eigenvalue weighted by Crippen LogP contribution is -2.06. The molecule has 0 amide bonds. The van der Waals surface area contributed by atoms with Gasteiger partial charge in [0.05, 0.1) is 20.5 Å². The van der Waals surface area contributed by atoms with Crippen LogP contribution in [0.25, 0.3) is 0 Å². The fourth-order valence-corrected chi connectivity index (χ4v) is 3.60. The molecule has 142 valence electrons. The van der Waals surface area contributed by atoms with E-state index >= 15 is 0 Å². The average Bonchev–Trinajstić information content (AvgIpc) is 2.69. The molecule has 0 unspecified atom stereocenters. The van der Waals surface area contributed by atoms with Crippen molar-refractivity contribution in [1.29, 1.82) is 0 Å². The van der Waals surface area contributed by atoms with Crippen molar-refractivity contribution >= 4 is 46.6 Å². The molecule has 0 aromatic heterocycles. The highest BCUT2D eigenvalue weighted by Crippen LogP contribution is 2.32. The maximum Gasteiger partial charge on any atom is 0.339 e. The zero-order chi connectivity index (χ0) is 20.1. The Hall–Kier alpha value is -2.54. The number of carbonyl (C=O) groups excluding carboxylic acids is 1. The maximum atomic E-state index is 12.5. The first-order valence-corrected chi connectivity index (χ1v) is 9.63. The molecular weight excluding hydrogens is 421 g/mol. The Morgan fingerprint density at radius 2 is 1.71 bits per heavy atom. The van der Waals surface area contributed by atoms with E-state index in [1.165, 1.54) is 23.9 Å². The van der Waals surface area contributed by atoms with Gasteiger partial charge in [-0.3, -0.25) is 10.1 Å². The summed E-state index contributed by atoms with van der Waals surface area (Å²) < 4.78 is 5.39. The van der Waals surface area contributed by atoms with E-state index in [2.05, 4.69) is 0 Å². The van der Waals surface area contributed by atoms with Crippen molar-refractivity contribution in [2.24, 2.45) is 0 Å². The Kier molecular flexibility index (Phi) is 6.57. The van der Waals surface area contributed by atoms with Gasteiger partial charge in [-0.2, -0.15) is 0 Å². The van der Waals surface area contributed by atoms with Crippen LogP contribution in [0.1, 0.15) is 15.9 Å². The van der Waals surface area contributed by atoms with Crippen molar-refractivity contribution in [2.45, 2.75) is 16.4 Å². The monoisotopic (exact) mass is 433 g/mol. The van der Waals surface area contributed by atoms with Gasteiger partial charge in [-0.1, -0.05) is 53.2 Å². The highest BCUT2D eigenvalue weighted by atomic mass is 35.5. The molecule has 0 fully saturated rings. The minimum absolute atomic E-state index is 0.0127. The number of ether oxygens (including phenoxy) is 1. The summed E-state index contributed by atoms with van der Waals surface area (Å²) in [5.74, 6) is -0.476. The van der Waals surface area contributed by atoms with Crippen LogP contribution >= 0.6 is 35.0 Å². The first-order chi connectivity index (χ1) is 13.4. The van der Waals surface area contributed by atoms with Crippen LogP contribution in [0.4, 0.5) is 5.69 Å². The quantitative estimate of drug-likeness (QED) is 0.255. The number of nitro benzene ring substituents is 1. The first-order valence-electron chi connectivity index (χ1n) is 8.06. The van der Waals surface area contributed by atoms with Gasteiger partial charge in [0.1, 0.15) is 6.61 Å². The highest BCUT2D eigenvalue weighted by Gasteiger charge is 2.14. The van der Waals surface area contributed by atoms with Crippen LogP contribution in [0.15, 0.2) is 76.5 Å². The number of nitrogens with zero attached hydrogens (tertiary/aromatic N) is 1. The fourth-order valence-electron chi connectivity index (χ4n) is 2.34. The first kappa shape index (κ1) is 20.2. The van der Waals surface area contributed by atoms with Crippen LogP contribution < -0.4 is 0 Å². The molecule has 0 saturated heterocycles. The molecule has 0 atom stereocenters. The Balaban J connectivity index is 1.72. The summed E-state index contributed by atoms with van der Waals surface area (Å²) in [4.78, 5) is 24.3. The molecule has 0 radical (unpaired) electrons. The summed E-state index contributed by atoms with van der Waals surface area (Å²) in [7, 11) is 0. The minimum atomic E-state index is -0.476. The normalized spacial score (nSPS) is 10.5. The van der Waals surface area contributed by atoms with Gasteiger partial charge in [-0.05, 0) is 42.0 Å². The molecule has 3 rings (SSSR count). The summed E-state index contributed by atoms with van der Waals surface area (Å²) in [5, 5.41) is 11.6. The molecule has 0 aliphatic carbocycles. The van der Waals surface area contributed by atoms with E-state index in [9.17, 15) is 14.9 Å². The van der Waals surface area contributed by atoms with E-state index in [-0.39, 0.29) is 12.3 Å². The number of hydrogen-bond donors (Lipinski definition) is 0. The van der Waals surface area contributed by atoms with E-state index in [1.54, 1.807) is 48.5 Å². The van der Waals surface area contributed by atoms with Gasteiger partial charge in [0.25, 0.3) is 5.69 Å². The third-order valence-electron chi connectivity index (χ3n) is 3.74. The van der Waals surface area contributed by atoms with Crippen molar-refractivity contribution < 1.29 is 14.5 Å². The second-order valence-electron chi connectivity index (χ2n) is 5.67. The number of hydrogen-bond acceptors (Lipinski definition) is 5. The molecule has 0 heterocycles. The zero-order valence-corrected chi connectivity index (χ0v) is 16.6. The lowest BCUT2D eigenvalue weighted by molar-refractivity contribution is -0.384. The molecule has 0 aliphatic rings. The summed E-state index contributed by atoms with van der Waals surface area (Å²) in [5.41, 5.74) is 1.15. The van der Waals surface area contributed by atoms with Crippen LogP contribution in [0.5, 0.6) is 0 Å². The topological polar surface area (TPSA) is 69.4 Å². The smallest absolute Gasteiger partial charge is 0.339 e. The second kappa shape index (κ2) is 9.10. The predicted molar refractivity (Wildman–Crippen MR) is 109 cm³/mol. The van der Waals surface area contributed by atoms with Gasteiger partial charge in [-0.25, -0.2) is 4.79 Å². The molecule has 0 bridgehead atoms. The van der Waals surface area contributed by atoms with Gasteiger partial charge < -0.3 is 4.74 Å². The van der Waals surface area contributed by atoms with Crippen LogP contribution in [0, 0.1) is 10.1 Å². The summed E-state index contributed by atoms with van der Waals surface area (Å²) in [6.07, 6.45) is 0. The summed E-state index contributed by atoms with van der Waals surface area (Å²) >= 11 is 13.2. The largest absolute Gasteiger partial charge is 0.457 e. The third kappa shape index (κ3) is 5.04.